The SMILES string of the molecule is COc1cccc(OC(F)F)c1CCC=O. The number of aldehydes is 1. The van der Waals surface area contributed by atoms with Crippen molar-refractivity contribution in [3.8, 4) is 11.5 Å². The van der Waals surface area contributed by atoms with Gasteiger partial charge in [0.05, 0.1) is 7.11 Å². The number of hydrogen-bond acceptors (Lipinski definition) is 3. The molecular formula is C11H12F2O3. The number of ether oxygens (including phenoxy) is 2. The van der Waals surface area contributed by atoms with E-state index in [-0.39, 0.29) is 12.2 Å². The van der Waals surface area contributed by atoms with Gasteiger partial charge in [0.2, 0.25) is 0 Å². The van der Waals surface area contributed by atoms with Crippen molar-refractivity contribution in [2.45, 2.75) is 19.5 Å². The highest BCUT2D eigenvalue weighted by Gasteiger charge is 2.13. The third-order valence-electron chi connectivity index (χ3n) is 2.04. The lowest BCUT2D eigenvalue weighted by Crippen LogP contribution is -2.05. The quantitative estimate of drug-likeness (QED) is 0.704. The molecule has 0 radical (unpaired) electrons. The number of halogens is 2. The largest absolute Gasteiger partial charge is 0.496 e. The molecule has 0 unspecified atom stereocenters. The van der Waals surface area contributed by atoms with Crippen LogP contribution in [-0.2, 0) is 11.2 Å². The van der Waals surface area contributed by atoms with Crippen LogP contribution in [0.4, 0.5) is 8.78 Å². The Bertz CT molecular complexity index is 353. The summed E-state index contributed by atoms with van der Waals surface area (Å²) in [7, 11) is 1.44. The third-order valence-corrected chi connectivity index (χ3v) is 2.04. The molecule has 1 rings (SSSR count). The summed E-state index contributed by atoms with van der Waals surface area (Å²) in [6.07, 6.45) is 1.27. The molecule has 0 bridgehead atoms. The molecule has 0 N–H and O–H groups in total. The lowest BCUT2D eigenvalue weighted by Gasteiger charge is -2.13. The van der Waals surface area contributed by atoms with Gasteiger partial charge < -0.3 is 14.3 Å². The van der Waals surface area contributed by atoms with Crippen LogP contribution < -0.4 is 9.47 Å². The highest BCUT2D eigenvalue weighted by Crippen LogP contribution is 2.30. The maximum absolute atomic E-state index is 12.1. The van der Waals surface area contributed by atoms with Crippen LogP contribution in [0.1, 0.15) is 12.0 Å². The van der Waals surface area contributed by atoms with E-state index in [0.29, 0.717) is 17.7 Å². The van der Waals surface area contributed by atoms with Crippen LogP contribution in [0.3, 0.4) is 0 Å². The van der Waals surface area contributed by atoms with Crippen LogP contribution in [0.5, 0.6) is 11.5 Å². The van der Waals surface area contributed by atoms with Crippen LogP contribution in [0, 0.1) is 0 Å². The Hall–Kier alpha value is -1.65. The van der Waals surface area contributed by atoms with Crippen LogP contribution in [0.15, 0.2) is 18.2 Å². The molecule has 0 atom stereocenters. The minimum atomic E-state index is -2.89. The van der Waals surface area contributed by atoms with Gasteiger partial charge in [0.15, 0.2) is 0 Å². The number of alkyl halides is 2. The predicted octanol–water partition coefficient (Wildman–Crippen LogP) is 2.43. The first-order chi connectivity index (χ1) is 7.69. The van der Waals surface area contributed by atoms with E-state index in [1.54, 1.807) is 12.1 Å². The topological polar surface area (TPSA) is 35.5 Å². The first-order valence-electron chi connectivity index (χ1n) is 4.73. The Kier molecular flexibility index (Phi) is 4.69. The first kappa shape index (κ1) is 12.4. The fourth-order valence-corrected chi connectivity index (χ4v) is 1.39. The van der Waals surface area contributed by atoms with Gasteiger partial charge in [-0.3, -0.25) is 0 Å². The van der Waals surface area contributed by atoms with Gasteiger partial charge in [-0.25, -0.2) is 0 Å². The molecule has 16 heavy (non-hydrogen) atoms. The fraction of sp³-hybridized carbons (Fsp3) is 0.364. The highest BCUT2D eigenvalue weighted by atomic mass is 19.3. The smallest absolute Gasteiger partial charge is 0.387 e. The van der Waals surface area contributed by atoms with Crippen molar-refractivity contribution in [2.75, 3.05) is 7.11 Å². The molecule has 0 spiro atoms. The molecule has 0 aliphatic carbocycles. The molecule has 0 saturated heterocycles. The molecule has 1 aromatic rings. The zero-order valence-electron chi connectivity index (χ0n) is 8.78. The summed E-state index contributed by atoms with van der Waals surface area (Å²) in [5, 5.41) is 0. The molecule has 5 heteroatoms. The van der Waals surface area contributed by atoms with E-state index in [2.05, 4.69) is 4.74 Å². The summed E-state index contributed by atoms with van der Waals surface area (Å²) in [6, 6.07) is 4.62. The minimum absolute atomic E-state index is 0.0520. The molecule has 3 nitrogen and oxygen atoms in total. The zero-order chi connectivity index (χ0) is 12.0. The van der Waals surface area contributed by atoms with E-state index >= 15 is 0 Å². The molecule has 0 saturated carbocycles. The van der Waals surface area contributed by atoms with Crippen molar-refractivity contribution >= 4 is 6.29 Å². The maximum Gasteiger partial charge on any atom is 0.387 e. The van der Waals surface area contributed by atoms with Gasteiger partial charge in [-0.15, -0.1) is 0 Å². The summed E-state index contributed by atoms with van der Waals surface area (Å²) in [5.41, 5.74) is 0.484. The number of rotatable bonds is 6. The number of hydrogen-bond donors (Lipinski definition) is 0. The van der Waals surface area contributed by atoms with Gasteiger partial charge in [-0.2, -0.15) is 8.78 Å². The van der Waals surface area contributed by atoms with Crippen molar-refractivity contribution in [2.24, 2.45) is 0 Å². The van der Waals surface area contributed by atoms with Gasteiger partial charge in [-0.05, 0) is 18.6 Å². The van der Waals surface area contributed by atoms with E-state index < -0.39 is 6.61 Å². The summed E-state index contributed by atoms with van der Waals surface area (Å²) in [6.45, 7) is -2.89. The molecule has 0 fully saturated rings. The monoisotopic (exact) mass is 230 g/mol. The molecule has 88 valence electrons. The summed E-state index contributed by atoms with van der Waals surface area (Å²) in [5.74, 6) is 0.496. The normalized spacial score (nSPS) is 10.2. The maximum atomic E-state index is 12.1. The number of carbonyl (C=O) groups is 1. The van der Waals surface area contributed by atoms with E-state index in [9.17, 15) is 13.6 Å². The average molecular weight is 230 g/mol. The fourth-order valence-electron chi connectivity index (χ4n) is 1.39. The number of methoxy groups -OCH3 is 1. The van der Waals surface area contributed by atoms with Gasteiger partial charge in [0.25, 0.3) is 0 Å². The first-order valence-corrected chi connectivity index (χ1v) is 4.73. The van der Waals surface area contributed by atoms with Crippen LogP contribution >= 0.6 is 0 Å². The Morgan fingerprint density at radius 3 is 2.62 bits per heavy atom. The van der Waals surface area contributed by atoms with Crippen LogP contribution in [0.2, 0.25) is 0 Å². The van der Waals surface area contributed by atoms with Crippen molar-refractivity contribution in [3.63, 3.8) is 0 Å². The van der Waals surface area contributed by atoms with E-state index in [1.165, 1.54) is 13.2 Å². The average Bonchev–Trinajstić information content (AvgIpc) is 2.26. The lowest BCUT2D eigenvalue weighted by molar-refractivity contribution is -0.107. The van der Waals surface area contributed by atoms with Crippen molar-refractivity contribution in [1.82, 2.24) is 0 Å². The lowest BCUT2D eigenvalue weighted by atomic mass is 10.1. The molecule has 0 heterocycles. The predicted molar refractivity (Wildman–Crippen MR) is 54.0 cm³/mol. The summed E-state index contributed by atoms with van der Waals surface area (Å²) >= 11 is 0. The number of benzene rings is 1. The van der Waals surface area contributed by atoms with Crippen molar-refractivity contribution < 1.29 is 23.0 Å². The van der Waals surface area contributed by atoms with E-state index in [0.717, 1.165) is 6.29 Å². The molecule has 0 aromatic heterocycles. The van der Waals surface area contributed by atoms with Crippen molar-refractivity contribution in [1.29, 1.82) is 0 Å². The van der Waals surface area contributed by atoms with E-state index in [1.807, 2.05) is 0 Å². The third kappa shape index (κ3) is 3.18. The van der Waals surface area contributed by atoms with Gasteiger partial charge in [0, 0.05) is 12.0 Å². The highest BCUT2D eigenvalue weighted by molar-refractivity contribution is 5.53. The Morgan fingerprint density at radius 2 is 2.06 bits per heavy atom. The molecule has 0 aliphatic heterocycles. The van der Waals surface area contributed by atoms with Gasteiger partial charge in [-0.1, -0.05) is 6.07 Å². The van der Waals surface area contributed by atoms with Crippen LogP contribution in [-0.4, -0.2) is 20.0 Å². The second-order valence-electron chi connectivity index (χ2n) is 3.02. The Morgan fingerprint density at radius 1 is 1.38 bits per heavy atom. The van der Waals surface area contributed by atoms with Crippen LogP contribution in [0.25, 0.3) is 0 Å². The molecule has 0 amide bonds. The molecule has 1 aromatic carbocycles. The second-order valence-corrected chi connectivity index (χ2v) is 3.02. The zero-order valence-corrected chi connectivity index (χ0v) is 8.78. The standard InChI is InChI=1S/C11H12F2O3/c1-15-9-5-2-6-10(16-11(12)13)8(9)4-3-7-14/h2,5-7,11H,3-4H2,1H3. The van der Waals surface area contributed by atoms with Gasteiger partial charge >= 0.3 is 6.61 Å². The minimum Gasteiger partial charge on any atom is -0.496 e. The molecular weight excluding hydrogens is 218 g/mol. The summed E-state index contributed by atoms with van der Waals surface area (Å²) in [4.78, 5) is 10.3. The van der Waals surface area contributed by atoms with Gasteiger partial charge in [0.1, 0.15) is 17.8 Å². The molecule has 0 aliphatic rings. The van der Waals surface area contributed by atoms with E-state index in [4.69, 9.17) is 4.74 Å². The Balaban J connectivity index is 2.99. The Labute approximate surface area is 92.0 Å². The van der Waals surface area contributed by atoms with Crippen molar-refractivity contribution in [3.05, 3.63) is 23.8 Å². The number of carbonyl (C=O) groups excluding carboxylic acids is 1. The summed E-state index contributed by atoms with van der Waals surface area (Å²) < 4.78 is 33.6. The second kappa shape index (κ2) is 6.05.